The van der Waals surface area contributed by atoms with Crippen LogP contribution in [0.1, 0.15) is 15.9 Å². The Morgan fingerprint density at radius 2 is 1.88 bits per heavy atom. The number of fused-ring (bicyclic) bond motifs is 1. The second-order valence-corrected chi connectivity index (χ2v) is 5.88. The van der Waals surface area contributed by atoms with Gasteiger partial charge in [-0.05, 0) is 41.3 Å². The zero-order valence-electron chi connectivity index (χ0n) is 13.6. The van der Waals surface area contributed by atoms with Crippen LogP contribution in [0, 0.1) is 0 Å². The summed E-state index contributed by atoms with van der Waals surface area (Å²) >= 11 is 0. The van der Waals surface area contributed by atoms with Crippen LogP contribution < -0.4 is 5.32 Å². The Hall–Kier alpha value is -3.40. The van der Waals surface area contributed by atoms with Crippen LogP contribution in [0.15, 0.2) is 79.1 Å². The molecule has 0 saturated heterocycles. The van der Waals surface area contributed by atoms with Gasteiger partial charge in [0.15, 0.2) is 0 Å². The van der Waals surface area contributed by atoms with E-state index in [4.69, 9.17) is 0 Å². The summed E-state index contributed by atoms with van der Waals surface area (Å²) in [5, 5.41) is 4.08. The van der Waals surface area contributed by atoms with E-state index in [2.05, 4.69) is 21.4 Å². The van der Waals surface area contributed by atoms with Crippen LogP contribution in [0.5, 0.6) is 0 Å². The normalized spacial score (nSPS) is 10.7. The van der Waals surface area contributed by atoms with Crippen LogP contribution in [0.3, 0.4) is 0 Å². The number of benzene rings is 2. The number of H-pyrrole nitrogens is 1. The molecule has 4 heteroatoms. The number of aromatic nitrogens is 2. The summed E-state index contributed by atoms with van der Waals surface area (Å²) in [6.07, 6.45) is 3.53. The van der Waals surface area contributed by atoms with Crippen molar-refractivity contribution in [3.05, 3.63) is 90.3 Å². The summed E-state index contributed by atoms with van der Waals surface area (Å²) in [7, 11) is 0. The summed E-state index contributed by atoms with van der Waals surface area (Å²) in [5.41, 5.74) is 4.61. The second-order valence-electron chi connectivity index (χ2n) is 5.88. The fourth-order valence-corrected chi connectivity index (χ4v) is 2.80. The van der Waals surface area contributed by atoms with Crippen molar-refractivity contribution in [3.63, 3.8) is 0 Å². The number of rotatable bonds is 4. The first-order valence-electron chi connectivity index (χ1n) is 8.15. The maximum atomic E-state index is 12.3. The van der Waals surface area contributed by atoms with Crippen molar-refractivity contribution in [3.8, 4) is 11.3 Å². The Bertz CT molecular complexity index is 1000. The predicted molar refractivity (Wildman–Crippen MR) is 99.1 cm³/mol. The Morgan fingerprint density at radius 3 is 2.68 bits per heavy atom. The summed E-state index contributed by atoms with van der Waals surface area (Å²) in [4.78, 5) is 19.9. The van der Waals surface area contributed by atoms with Crippen LogP contribution in [0.25, 0.3) is 22.2 Å². The Labute approximate surface area is 145 Å². The summed E-state index contributed by atoms with van der Waals surface area (Å²) < 4.78 is 0. The van der Waals surface area contributed by atoms with E-state index in [-0.39, 0.29) is 5.91 Å². The molecule has 0 fully saturated rings. The number of aromatic amines is 1. The molecular formula is C21H17N3O. The summed E-state index contributed by atoms with van der Waals surface area (Å²) in [6, 6.07) is 21.7. The molecule has 4 aromatic rings. The van der Waals surface area contributed by atoms with Crippen molar-refractivity contribution in [2.24, 2.45) is 0 Å². The highest BCUT2D eigenvalue weighted by Gasteiger charge is 2.07. The third kappa shape index (κ3) is 3.28. The van der Waals surface area contributed by atoms with Crippen molar-refractivity contribution < 1.29 is 4.79 Å². The van der Waals surface area contributed by atoms with E-state index in [9.17, 15) is 4.79 Å². The smallest absolute Gasteiger partial charge is 0.253 e. The third-order valence-electron chi connectivity index (χ3n) is 4.17. The average Bonchev–Trinajstić information content (AvgIpc) is 3.15. The number of nitrogens with zero attached hydrogens (tertiary/aromatic N) is 1. The number of carbonyl (C=O) groups is 1. The molecule has 122 valence electrons. The largest absolute Gasteiger partial charge is 0.361 e. The molecule has 2 aromatic carbocycles. The molecule has 4 rings (SSSR count). The van der Waals surface area contributed by atoms with Crippen molar-refractivity contribution in [2.75, 3.05) is 0 Å². The Balaban J connectivity index is 1.44. The standard InChI is InChI=1S/C21H17N3O/c25-21(24-13-15-6-8-20-17(12-15)10-11-22-20)18-7-9-19(23-14-18)16-4-2-1-3-5-16/h1-12,14,22H,13H2,(H,24,25). The van der Waals surface area contributed by atoms with Crippen LogP contribution in [0.2, 0.25) is 0 Å². The molecule has 0 aliphatic rings. The van der Waals surface area contributed by atoms with E-state index >= 15 is 0 Å². The minimum Gasteiger partial charge on any atom is -0.361 e. The monoisotopic (exact) mass is 327 g/mol. The first kappa shape index (κ1) is 15.1. The Kier molecular flexibility index (Phi) is 4.01. The SMILES string of the molecule is O=C(NCc1ccc2[nH]ccc2c1)c1ccc(-c2ccccc2)nc1. The second kappa shape index (κ2) is 6.61. The number of amides is 1. The van der Waals surface area contributed by atoms with Gasteiger partial charge in [0.1, 0.15) is 0 Å². The van der Waals surface area contributed by atoms with Gasteiger partial charge in [-0.25, -0.2) is 0 Å². The minimum atomic E-state index is -0.124. The lowest BCUT2D eigenvalue weighted by atomic mass is 10.1. The average molecular weight is 327 g/mol. The number of hydrogen-bond acceptors (Lipinski definition) is 2. The quantitative estimate of drug-likeness (QED) is 0.591. The highest BCUT2D eigenvalue weighted by atomic mass is 16.1. The van der Waals surface area contributed by atoms with Gasteiger partial charge in [0.05, 0.1) is 11.3 Å². The van der Waals surface area contributed by atoms with Crippen molar-refractivity contribution in [2.45, 2.75) is 6.54 Å². The van der Waals surface area contributed by atoms with Gasteiger partial charge in [-0.1, -0.05) is 36.4 Å². The zero-order valence-corrected chi connectivity index (χ0v) is 13.6. The Morgan fingerprint density at radius 1 is 1.00 bits per heavy atom. The fraction of sp³-hybridized carbons (Fsp3) is 0.0476. The first-order valence-corrected chi connectivity index (χ1v) is 8.15. The molecule has 4 nitrogen and oxygen atoms in total. The molecular weight excluding hydrogens is 310 g/mol. The third-order valence-corrected chi connectivity index (χ3v) is 4.17. The van der Waals surface area contributed by atoms with Gasteiger partial charge in [0.2, 0.25) is 0 Å². The molecule has 0 bridgehead atoms. The van der Waals surface area contributed by atoms with Crippen LogP contribution in [0.4, 0.5) is 0 Å². The van der Waals surface area contributed by atoms with E-state index in [0.717, 1.165) is 27.7 Å². The van der Waals surface area contributed by atoms with Crippen molar-refractivity contribution in [1.29, 1.82) is 0 Å². The van der Waals surface area contributed by atoms with E-state index in [1.165, 1.54) is 0 Å². The molecule has 0 radical (unpaired) electrons. The lowest BCUT2D eigenvalue weighted by Gasteiger charge is -2.07. The number of hydrogen-bond donors (Lipinski definition) is 2. The molecule has 25 heavy (non-hydrogen) atoms. The highest BCUT2D eigenvalue weighted by molar-refractivity contribution is 5.94. The zero-order chi connectivity index (χ0) is 17.1. The topological polar surface area (TPSA) is 57.8 Å². The number of nitrogens with one attached hydrogen (secondary N) is 2. The maximum Gasteiger partial charge on any atom is 0.253 e. The van der Waals surface area contributed by atoms with Crippen LogP contribution in [-0.4, -0.2) is 15.9 Å². The number of pyridine rings is 1. The summed E-state index contributed by atoms with van der Waals surface area (Å²) in [5.74, 6) is -0.124. The van der Waals surface area contributed by atoms with Gasteiger partial charge in [0.25, 0.3) is 5.91 Å². The predicted octanol–water partition coefficient (Wildman–Crippen LogP) is 4.16. The van der Waals surface area contributed by atoms with Gasteiger partial charge in [0, 0.05) is 30.0 Å². The van der Waals surface area contributed by atoms with Crippen molar-refractivity contribution >= 4 is 16.8 Å². The summed E-state index contributed by atoms with van der Waals surface area (Å²) in [6.45, 7) is 0.486. The van der Waals surface area contributed by atoms with Crippen LogP contribution >= 0.6 is 0 Å². The van der Waals surface area contributed by atoms with E-state index < -0.39 is 0 Å². The minimum absolute atomic E-state index is 0.124. The molecule has 2 N–H and O–H groups in total. The van der Waals surface area contributed by atoms with E-state index in [1.807, 2.05) is 60.8 Å². The van der Waals surface area contributed by atoms with E-state index in [1.54, 1.807) is 12.3 Å². The van der Waals surface area contributed by atoms with Gasteiger partial charge in [-0.2, -0.15) is 0 Å². The van der Waals surface area contributed by atoms with Gasteiger partial charge < -0.3 is 10.3 Å². The molecule has 0 spiro atoms. The van der Waals surface area contributed by atoms with Crippen LogP contribution in [-0.2, 0) is 6.54 Å². The van der Waals surface area contributed by atoms with Gasteiger partial charge >= 0.3 is 0 Å². The first-order chi connectivity index (χ1) is 12.3. The molecule has 1 amide bonds. The molecule has 2 heterocycles. The molecule has 0 aliphatic carbocycles. The molecule has 0 atom stereocenters. The lowest BCUT2D eigenvalue weighted by Crippen LogP contribution is -2.22. The molecule has 0 saturated carbocycles. The molecule has 0 aliphatic heterocycles. The fourth-order valence-electron chi connectivity index (χ4n) is 2.80. The maximum absolute atomic E-state index is 12.3. The van der Waals surface area contributed by atoms with Gasteiger partial charge in [-0.15, -0.1) is 0 Å². The number of carbonyl (C=O) groups excluding carboxylic acids is 1. The molecule has 0 unspecified atom stereocenters. The van der Waals surface area contributed by atoms with E-state index in [0.29, 0.717) is 12.1 Å². The molecule has 2 aromatic heterocycles. The highest BCUT2D eigenvalue weighted by Crippen LogP contribution is 2.17. The van der Waals surface area contributed by atoms with Crippen molar-refractivity contribution in [1.82, 2.24) is 15.3 Å². The van der Waals surface area contributed by atoms with Gasteiger partial charge in [-0.3, -0.25) is 9.78 Å². The lowest BCUT2D eigenvalue weighted by molar-refractivity contribution is 0.0950.